The highest BCUT2D eigenvalue weighted by Gasteiger charge is 2.32. The van der Waals surface area contributed by atoms with Crippen LogP contribution in [0.15, 0.2) is 53.4 Å². The van der Waals surface area contributed by atoms with Gasteiger partial charge in [-0.2, -0.15) is 4.31 Å². The second-order valence-electron chi connectivity index (χ2n) is 7.46. The Hall–Kier alpha value is -2.71. The molecule has 0 saturated carbocycles. The maximum Gasteiger partial charge on any atom is 0.338 e. The highest BCUT2D eigenvalue weighted by molar-refractivity contribution is 7.89. The molecule has 1 amide bonds. The Morgan fingerprint density at radius 1 is 1.00 bits per heavy atom. The van der Waals surface area contributed by atoms with E-state index in [1.54, 1.807) is 6.92 Å². The predicted octanol–water partition coefficient (Wildman–Crippen LogP) is 3.47. The van der Waals surface area contributed by atoms with Crippen LogP contribution in [0.1, 0.15) is 42.6 Å². The van der Waals surface area contributed by atoms with Crippen molar-refractivity contribution in [1.82, 2.24) is 4.31 Å². The molecule has 0 unspecified atom stereocenters. The number of nitrogens with one attached hydrogen (secondary N) is 1. The zero-order valence-corrected chi connectivity index (χ0v) is 18.7. The molecule has 1 aliphatic rings. The minimum Gasteiger partial charge on any atom is -0.462 e. The van der Waals surface area contributed by atoms with Gasteiger partial charge in [-0.05, 0) is 68.1 Å². The quantitative estimate of drug-likeness (QED) is 0.660. The number of aryl methyl sites for hydroxylation is 1. The fourth-order valence-electron chi connectivity index (χ4n) is 3.55. The number of hydrogen-bond acceptors (Lipinski definition) is 5. The second-order valence-corrected chi connectivity index (χ2v) is 9.40. The van der Waals surface area contributed by atoms with Crippen LogP contribution in [0.25, 0.3) is 0 Å². The fraction of sp³-hybridized carbons (Fsp3) is 0.391. The van der Waals surface area contributed by atoms with Crippen LogP contribution in [0.4, 0.5) is 5.69 Å². The van der Waals surface area contributed by atoms with Gasteiger partial charge in [-0.3, -0.25) is 4.79 Å². The molecule has 0 aliphatic carbocycles. The topological polar surface area (TPSA) is 92.8 Å². The first-order valence-electron chi connectivity index (χ1n) is 10.5. The zero-order valence-electron chi connectivity index (χ0n) is 17.8. The second kappa shape index (κ2) is 10.1. The van der Waals surface area contributed by atoms with Crippen molar-refractivity contribution in [3.8, 4) is 0 Å². The molecule has 2 aromatic rings. The van der Waals surface area contributed by atoms with Crippen molar-refractivity contribution < 1.29 is 22.7 Å². The Balaban J connectivity index is 1.58. The summed E-state index contributed by atoms with van der Waals surface area (Å²) in [6, 6.07) is 13.5. The van der Waals surface area contributed by atoms with Crippen LogP contribution in [0.3, 0.4) is 0 Å². The van der Waals surface area contributed by atoms with Crippen molar-refractivity contribution in [2.75, 3.05) is 25.0 Å². The van der Waals surface area contributed by atoms with Crippen molar-refractivity contribution >= 4 is 27.6 Å². The number of carbonyl (C=O) groups excluding carboxylic acids is 2. The van der Waals surface area contributed by atoms with E-state index in [0.29, 0.717) is 18.4 Å². The van der Waals surface area contributed by atoms with Crippen LogP contribution < -0.4 is 5.32 Å². The Labute approximate surface area is 183 Å². The van der Waals surface area contributed by atoms with E-state index in [1.165, 1.54) is 34.1 Å². The first-order valence-corrected chi connectivity index (χ1v) is 12.0. The number of carbonyl (C=O) groups is 2. The van der Waals surface area contributed by atoms with E-state index >= 15 is 0 Å². The van der Waals surface area contributed by atoms with Crippen LogP contribution in [-0.2, 0) is 26.0 Å². The van der Waals surface area contributed by atoms with Gasteiger partial charge < -0.3 is 10.1 Å². The van der Waals surface area contributed by atoms with Crippen LogP contribution in [0.5, 0.6) is 0 Å². The lowest BCUT2D eigenvalue weighted by Crippen LogP contribution is -2.41. The number of anilines is 1. The van der Waals surface area contributed by atoms with Gasteiger partial charge in [0.25, 0.3) is 0 Å². The molecule has 0 aromatic heterocycles. The Kier molecular flexibility index (Phi) is 7.46. The highest BCUT2D eigenvalue weighted by atomic mass is 32.2. The van der Waals surface area contributed by atoms with E-state index in [-0.39, 0.29) is 36.4 Å². The van der Waals surface area contributed by atoms with Gasteiger partial charge in [0.05, 0.1) is 17.1 Å². The first kappa shape index (κ1) is 23.0. The smallest absolute Gasteiger partial charge is 0.338 e. The third-order valence-corrected chi connectivity index (χ3v) is 7.37. The molecule has 7 nitrogen and oxygen atoms in total. The SMILES string of the molecule is CCOC(=O)c1ccc(S(=O)(=O)N2CCC(C(=O)Nc3ccc(CC)cc3)CC2)cc1. The van der Waals surface area contributed by atoms with Gasteiger partial charge in [0.15, 0.2) is 0 Å². The molecule has 166 valence electrons. The first-order chi connectivity index (χ1) is 14.8. The molecule has 1 fully saturated rings. The van der Waals surface area contributed by atoms with Gasteiger partial charge in [-0.25, -0.2) is 13.2 Å². The number of hydrogen-bond donors (Lipinski definition) is 1. The summed E-state index contributed by atoms with van der Waals surface area (Å²) < 4.78 is 32.2. The predicted molar refractivity (Wildman–Crippen MR) is 118 cm³/mol. The lowest BCUT2D eigenvalue weighted by molar-refractivity contribution is -0.120. The van der Waals surface area contributed by atoms with E-state index in [0.717, 1.165) is 12.1 Å². The summed E-state index contributed by atoms with van der Waals surface area (Å²) in [5.74, 6) is -0.800. The molecule has 0 radical (unpaired) electrons. The molecule has 8 heteroatoms. The molecule has 31 heavy (non-hydrogen) atoms. The van der Waals surface area contributed by atoms with E-state index in [4.69, 9.17) is 4.74 Å². The van der Waals surface area contributed by atoms with Crippen molar-refractivity contribution in [2.24, 2.45) is 5.92 Å². The minimum atomic E-state index is -3.68. The zero-order chi connectivity index (χ0) is 22.4. The molecule has 0 bridgehead atoms. The summed E-state index contributed by atoms with van der Waals surface area (Å²) in [5.41, 5.74) is 2.26. The van der Waals surface area contributed by atoms with Gasteiger partial charge >= 0.3 is 5.97 Å². The maximum atomic E-state index is 12.9. The summed E-state index contributed by atoms with van der Waals surface area (Å²) >= 11 is 0. The van der Waals surface area contributed by atoms with Gasteiger partial charge in [0, 0.05) is 24.7 Å². The Morgan fingerprint density at radius 2 is 1.61 bits per heavy atom. The van der Waals surface area contributed by atoms with E-state index < -0.39 is 16.0 Å². The number of amides is 1. The van der Waals surface area contributed by atoms with Crippen LogP contribution in [-0.4, -0.2) is 44.3 Å². The molecular formula is C23H28N2O5S. The molecular weight excluding hydrogens is 416 g/mol. The molecule has 3 rings (SSSR count). The summed E-state index contributed by atoms with van der Waals surface area (Å²) in [6.45, 7) is 4.59. The summed E-state index contributed by atoms with van der Waals surface area (Å²) in [4.78, 5) is 24.5. The number of ether oxygens (including phenoxy) is 1. The normalized spacial score (nSPS) is 15.4. The van der Waals surface area contributed by atoms with Crippen molar-refractivity contribution in [3.63, 3.8) is 0 Å². The molecule has 1 saturated heterocycles. The molecule has 1 aliphatic heterocycles. The summed E-state index contributed by atoms with van der Waals surface area (Å²) in [7, 11) is -3.68. The van der Waals surface area contributed by atoms with Crippen molar-refractivity contribution in [2.45, 2.75) is 38.0 Å². The number of nitrogens with zero attached hydrogens (tertiary/aromatic N) is 1. The molecule has 0 spiro atoms. The molecule has 0 atom stereocenters. The minimum absolute atomic E-state index is 0.0833. The Bertz CT molecular complexity index is 1010. The largest absolute Gasteiger partial charge is 0.462 e. The van der Waals surface area contributed by atoms with Gasteiger partial charge in [-0.15, -0.1) is 0 Å². The molecule has 1 heterocycles. The van der Waals surface area contributed by atoms with E-state index in [9.17, 15) is 18.0 Å². The van der Waals surface area contributed by atoms with Crippen molar-refractivity contribution in [3.05, 3.63) is 59.7 Å². The highest BCUT2D eigenvalue weighted by Crippen LogP contribution is 2.25. The number of benzene rings is 2. The van der Waals surface area contributed by atoms with Gasteiger partial charge in [0.2, 0.25) is 15.9 Å². The van der Waals surface area contributed by atoms with Gasteiger partial charge in [-0.1, -0.05) is 19.1 Å². The fourth-order valence-corrected chi connectivity index (χ4v) is 5.02. The standard InChI is InChI=1S/C23H28N2O5S/c1-3-17-5-9-20(10-6-17)24-22(26)18-13-15-25(16-14-18)31(28,29)21-11-7-19(8-12-21)23(27)30-4-2/h5-12,18H,3-4,13-16H2,1-2H3,(H,24,26). The lowest BCUT2D eigenvalue weighted by Gasteiger charge is -2.30. The lowest BCUT2D eigenvalue weighted by atomic mass is 9.97. The summed E-state index contributed by atoms with van der Waals surface area (Å²) in [5, 5.41) is 2.92. The van der Waals surface area contributed by atoms with Crippen LogP contribution in [0.2, 0.25) is 0 Å². The van der Waals surface area contributed by atoms with Gasteiger partial charge in [0.1, 0.15) is 0 Å². The number of sulfonamides is 1. The van der Waals surface area contributed by atoms with Crippen LogP contribution in [0, 0.1) is 5.92 Å². The number of piperidine rings is 1. The average Bonchev–Trinajstić information content (AvgIpc) is 2.80. The monoisotopic (exact) mass is 444 g/mol. The maximum absolute atomic E-state index is 12.9. The number of rotatable bonds is 7. The Morgan fingerprint density at radius 3 is 2.16 bits per heavy atom. The molecule has 2 aromatic carbocycles. The third-order valence-electron chi connectivity index (χ3n) is 5.46. The average molecular weight is 445 g/mol. The van der Waals surface area contributed by atoms with E-state index in [1.807, 2.05) is 24.3 Å². The third kappa shape index (κ3) is 5.51. The van der Waals surface area contributed by atoms with Crippen molar-refractivity contribution in [1.29, 1.82) is 0 Å². The van der Waals surface area contributed by atoms with E-state index in [2.05, 4.69) is 12.2 Å². The number of esters is 1. The van der Waals surface area contributed by atoms with Crippen LogP contribution >= 0.6 is 0 Å². The molecule has 1 N–H and O–H groups in total. The summed E-state index contributed by atoms with van der Waals surface area (Å²) in [6.07, 6.45) is 1.85.